The molecule has 0 radical (unpaired) electrons. The van der Waals surface area contributed by atoms with E-state index in [-0.39, 0.29) is 11.8 Å². The maximum atomic E-state index is 13.2. The molecule has 204 valence electrons. The van der Waals surface area contributed by atoms with Gasteiger partial charge in [0.1, 0.15) is 6.04 Å². The van der Waals surface area contributed by atoms with Gasteiger partial charge in [-0.25, -0.2) is 0 Å². The monoisotopic (exact) mass is 531 g/mol. The summed E-state index contributed by atoms with van der Waals surface area (Å²) in [5.41, 5.74) is 5.12. The molecule has 2 amide bonds. The molecule has 0 saturated heterocycles. The van der Waals surface area contributed by atoms with Gasteiger partial charge in [-0.05, 0) is 66.6 Å². The lowest BCUT2D eigenvalue weighted by Gasteiger charge is -2.19. The molecule has 1 saturated carbocycles. The van der Waals surface area contributed by atoms with Crippen LogP contribution >= 0.6 is 0 Å². The zero-order valence-corrected chi connectivity index (χ0v) is 22.8. The number of unbranched alkanes of at least 4 members (excludes halogenated alkanes) is 1. The van der Waals surface area contributed by atoms with Gasteiger partial charge in [0.2, 0.25) is 5.91 Å². The maximum absolute atomic E-state index is 13.2. The molecule has 3 atom stereocenters. The second-order valence-electron chi connectivity index (χ2n) is 10.5. The predicted molar refractivity (Wildman–Crippen MR) is 161 cm³/mol. The van der Waals surface area contributed by atoms with Crippen molar-refractivity contribution in [3.05, 3.63) is 132 Å². The summed E-state index contributed by atoms with van der Waals surface area (Å²) in [4.78, 5) is 26.3. The summed E-state index contributed by atoms with van der Waals surface area (Å²) in [6.07, 6.45) is 3.55. The van der Waals surface area contributed by atoms with E-state index in [2.05, 4.69) is 46.3 Å². The van der Waals surface area contributed by atoms with Gasteiger partial charge in [0.15, 0.2) is 0 Å². The summed E-state index contributed by atoms with van der Waals surface area (Å²) in [6, 6.07) is 38.0. The van der Waals surface area contributed by atoms with E-state index in [1.165, 1.54) is 12.0 Å². The van der Waals surface area contributed by atoms with Crippen LogP contribution in [0.25, 0.3) is 11.1 Å². The Bertz CT molecular complexity index is 1360. The van der Waals surface area contributed by atoms with Crippen molar-refractivity contribution in [3.8, 4) is 11.1 Å². The molecule has 1 fully saturated rings. The molecule has 40 heavy (non-hydrogen) atoms. The van der Waals surface area contributed by atoms with Crippen LogP contribution in [0, 0.1) is 0 Å². The predicted octanol–water partition coefficient (Wildman–Crippen LogP) is 6.08. The first-order valence-electron chi connectivity index (χ1n) is 14.2. The third kappa shape index (κ3) is 7.67. The molecule has 5 nitrogen and oxygen atoms in total. The van der Waals surface area contributed by atoms with Crippen molar-refractivity contribution in [2.24, 2.45) is 0 Å². The Morgan fingerprint density at radius 1 is 0.725 bits per heavy atom. The third-order valence-corrected chi connectivity index (χ3v) is 7.53. The molecular weight excluding hydrogens is 494 g/mol. The molecule has 1 aliphatic carbocycles. The normalized spacial score (nSPS) is 16.6. The minimum atomic E-state index is -0.594. The quantitative estimate of drug-likeness (QED) is 0.183. The number of hydrogen-bond acceptors (Lipinski definition) is 3. The van der Waals surface area contributed by atoms with Gasteiger partial charge in [-0.1, -0.05) is 103 Å². The van der Waals surface area contributed by atoms with Gasteiger partial charge in [-0.3, -0.25) is 9.59 Å². The lowest BCUT2D eigenvalue weighted by Crippen LogP contribution is -2.46. The molecule has 0 aromatic heterocycles. The van der Waals surface area contributed by atoms with Crippen molar-refractivity contribution in [1.29, 1.82) is 0 Å². The minimum Gasteiger partial charge on any atom is -0.350 e. The first-order chi connectivity index (χ1) is 19.7. The maximum Gasteiger partial charge on any atom is 0.251 e. The summed E-state index contributed by atoms with van der Waals surface area (Å²) in [5, 5.41) is 9.66. The molecule has 5 heteroatoms. The molecule has 0 heterocycles. The van der Waals surface area contributed by atoms with Crippen LogP contribution in [0.4, 0.5) is 0 Å². The van der Waals surface area contributed by atoms with E-state index in [0.717, 1.165) is 36.1 Å². The summed E-state index contributed by atoms with van der Waals surface area (Å²) in [5.74, 6) is 0.212. The average molecular weight is 532 g/mol. The van der Waals surface area contributed by atoms with E-state index in [4.69, 9.17) is 0 Å². The summed E-state index contributed by atoms with van der Waals surface area (Å²) >= 11 is 0. The van der Waals surface area contributed by atoms with E-state index < -0.39 is 6.04 Å². The highest BCUT2D eigenvalue weighted by molar-refractivity contribution is 5.97. The number of nitrogens with one attached hydrogen (secondary N) is 3. The summed E-state index contributed by atoms with van der Waals surface area (Å²) in [7, 11) is 0. The van der Waals surface area contributed by atoms with Gasteiger partial charge < -0.3 is 16.0 Å². The zero-order valence-electron chi connectivity index (χ0n) is 22.8. The fraction of sp³-hybridized carbons (Fsp3) is 0.257. The highest BCUT2D eigenvalue weighted by atomic mass is 16.2. The van der Waals surface area contributed by atoms with Gasteiger partial charge in [0.25, 0.3) is 5.91 Å². The number of benzene rings is 4. The highest BCUT2D eigenvalue weighted by Gasteiger charge is 2.37. The third-order valence-electron chi connectivity index (χ3n) is 7.53. The number of hydrogen-bond donors (Lipinski definition) is 3. The average Bonchev–Trinajstić information content (AvgIpc) is 3.80. The standard InChI is InChI=1S/C35H37N3O2/c39-34(30-21-19-28(20-22-30)27-14-6-2-7-15-27)38-32(35(40)37-25-26-12-4-1-5-13-26)18-10-11-23-36-33-24-31(33)29-16-8-3-9-17-29/h1-9,12-17,19-22,31-33,36H,10-11,18,23-25H2,(H,37,40)(H,38,39)/t31-,32+,33+/m1/s1. The fourth-order valence-electron chi connectivity index (χ4n) is 5.11. The van der Waals surface area contributed by atoms with Crippen LogP contribution in [0.15, 0.2) is 115 Å². The fourth-order valence-corrected chi connectivity index (χ4v) is 5.11. The van der Waals surface area contributed by atoms with E-state index in [1.807, 2.05) is 84.9 Å². The topological polar surface area (TPSA) is 70.2 Å². The number of rotatable bonds is 13. The van der Waals surface area contributed by atoms with Crippen molar-refractivity contribution in [2.45, 2.75) is 50.2 Å². The van der Waals surface area contributed by atoms with E-state index in [9.17, 15) is 9.59 Å². The van der Waals surface area contributed by atoms with Crippen molar-refractivity contribution in [2.75, 3.05) is 6.54 Å². The van der Waals surface area contributed by atoms with Gasteiger partial charge in [-0.15, -0.1) is 0 Å². The molecular formula is C35H37N3O2. The number of amides is 2. The lowest BCUT2D eigenvalue weighted by molar-refractivity contribution is -0.123. The Morgan fingerprint density at radius 2 is 1.35 bits per heavy atom. The van der Waals surface area contributed by atoms with Crippen molar-refractivity contribution in [1.82, 2.24) is 16.0 Å². The Kier molecular flexibility index (Phi) is 9.38. The second-order valence-corrected chi connectivity index (χ2v) is 10.5. The first-order valence-corrected chi connectivity index (χ1v) is 14.2. The molecule has 5 rings (SSSR count). The molecule has 0 unspecified atom stereocenters. The Hall–Kier alpha value is -4.22. The Labute approximate surface area is 237 Å². The Morgan fingerprint density at radius 3 is 2.05 bits per heavy atom. The van der Waals surface area contributed by atoms with Crippen LogP contribution in [0.1, 0.15) is 53.1 Å². The van der Waals surface area contributed by atoms with Crippen molar-refractivity contribution < 1.29 is 9.59 Å². The van der Waals surface area contributed by atoms with Crippen LogP contribution < -0.4 is 16.0 Å². The van der Waals surface area contributed by atoms with E-state index >= 15 is 0 Å². The van der Waals surface area contributed by atoms with Crippen LogP contribution in [-0.2, 0) is 11.3 Å². The second kappa shape index (κ2) is 13.7. The van der Waals surface area contributed by atoms with E-state index in [1.54, 1.807) is 0 Å². The number of carbonyl (C=O) groups is 2. The summed E-state index contributed by atoms with van der Waals surface area (Å²) in [6.45, 7) is 1.34. The SMILES string of the molecule is O=C(N[C@@H](CCCCN[C@H]1C[C@@H]1c1ccccc1)C(=O)NCc1ccccc1)c1ccc(-c2ccccc2)cc1. The van der Waals surface area contributed by atoms with Gasteiger partial charge in [-0.2, -0.15) is 0 Å². The zero-order chi connectivity index (χ0) is 27.6. The largest absolute Gasteiger partial charge is 0.350 e. The minimum absolute atomic E-state index is 0.155. The smallest absolute Gasteiger partial charge is 0.251 e. The molecule has 0 bridgehead atoms. The molecule has 4 aromatic carbocycles. The highest BCUT2D eigenvalue weighted by Crippen LogP contribution is 2.40. The molecule has 4 aromatic rings. The molecule has 0 spiro atoms. The van der Waals surface area contributed by atoms with Crippen LogP contribution in [-0.4, -0.2) is 30.4 Å². The first kappa shape index (κ1) is 27.4. The lowest BCUT2D eigenvalue weighted by atomic mass is 10.0. The van der Waals surface area contributed by atoms with Gasteiger partial charge >= 0.3 is 0 Å². The van der Waals surface area contributed by atoms with Crippen LogP contribution in [0.2, 0.25) is 0 Å². The van der Waals surface area contributed by atoms with Gasteiger partial charge in [0.05, 0.1) is 0 Å². The van der Waals surface area contributed by atoms with E-state index in [0.29, 0.717) is 30.5 Å². The Balaban J connectivity index is 1.14. The van der Waals surface area contributed by atoms with Crippen LogP contribution in [0.3, 0.4) is 0 Å². The molecule has 0 aliphatic heterocycles. The molecule has 1 aliphatic rings. The van der Waals surface area contributed by atoms with Crippen LogP contribution in [0.5, 0.6) is 0 Å². The van der Waals surface area contributed by atoms with Crippen molar-refractivity contribution in [3.63, 3.8) is 0 Å². The van der Waals surface area contributed by atoms with Crippen molar-refractivity contribution >= 4 is 11.8 Å². The molecule has 3 N–H and O–H groups in total. The number of carbonyl (C=O) groups excluding carboxylic acids is 2. The summed E-state index contributed by atoms with van der Waals surface area (Å²) < 4.78 is 0. The van der Waals surface area contributed by atoms with Gasteiger partial charge in [0, 0.05) is 24.1 Å².